The molecule has 1 saturated carbocycles. The molecule has 0 N–H and O–H groups in total. The maximum Gasteiger partial charge on any atom is 0.229 e. The lowest BCUT2D eigenvalue weighted by molar-refractivity contribution is -0.143. The highest BCUT2D eigenvalue weighted by Crippen LogP contribution is 2.45. The SMILES string of the molecule is CC(C)CC1(C(=O)N2CCCC2CBr)CCCC1. The molecule has 1 aliphatic heterocycles. The number of alkyl halides is 1. The molecule has 0 aromatic rings. The van der Waals surface area contributed by atoms with Gasteiger partial charge in [-0.3, -0.25) is 4.79 Å². The van der Waals surface area contributed by atoms with Crippen molar-refractivity contribution in [2.45, 2.75) is 64.8 Å². The normalized spacial score (nSPS) is 27.1. The first-order valence-electron chi connectivity index (χ1n) is 7.46. The van der Waals surface area contributed by atoms with Crippen LogP contribution in [0, 0.1) is 11.3 Å². The predicted octanol–water partition coefficient (Wildman–Crippen LogP) is 3.98. The van der Waals surface area contributed by atoms with Crippen LogP contribution in [0.5, 0.6) is 0 Å². The minimum absolute atomic E-state index is 0.0150. The number of nitrogens with zero attached hydrogens (tertiary/aromatic N) is 1. The molecule has 2 nitrogen and oxygen atoms in total. The zero-order valence-corrected chi connectivity index (χ0v) is 13.3. The smallest absolute Gasteiger partial charge is 0.229 e. The van der Waals surface area contributed by atoms with Crippen LogP contribution in [0.3, 0.4) is 0 Å². The molecule has 0 aromatic carbocycles. The number of amides is 1. The molecule has 104 valence electrons. The third kappa shape index (κ3) is 2.76. The fraction of sp³-hybridized carbons (Fsp3) is 0.933. The van der Waals surface area contributed by atoms with E-state index in [1.54, 1.807) is 0 Å². The highest BCUT2D eigenvalue weighted by Gasteiger charge is 2.45. The summed E-state index contributed by atoms with van der Waals surface area (Å²) in [6, 6.07) is 0.446. The Morgan fingerprint density at radius 1 is 1.33 bits per heavy atom. The molecule has 0 bridgehead atoms. The van der Waals surface area contributed by atoms with Crippen LogP contribution in [0.25, 0.3) is 0 Å². The second kappa shape index (κ2) is 5.94. The van der Waals surface area contributed by atoms with E-state index in [0.717, 1.165) is 31.1 Å². The van der Waals surface area contributed by atoms with Crippen molar-refractivity contribution in [1.82, 2.24) is 4.90 Å². The van der Waals surface area contributed by atoms with Gasteiger partial charge in [0.1, 0.15) is 0 Å². The zero-order valence-electron chi connectivity index (χ0n) is 11.8. The number of halogens is 1. The fourth-order valence-electron chi connectivity index (χ4n) is 3.91. The van der Waals surface area contributed by atoms with Gasteiger partial charge in [-0.1, -0.05) is 42.6 Å². The van der Waals surface area contributed by atoms with E-state index >= 15 is 0 Å². The maximum absolute atomic E-state index is 13.0. The van der Waals surface area contributed by atoms with Crippen molar-refractivity contribution in [3.8, 4) is 0 Å². The molecule has 1 unspecified atom stereocenters. The van der Waals surface area contributed by atoms with Crippen LogP contribution in [-0.2, 0) is 4.79 Å². The average molecular weight is 316 g/mol. The molecule has 1 amide bonds. The molecule has 2 rings (SSSR count). The van der Waals surface area contributed by atoms with Crippen LogP contribution in [0.2, 0.25) is 0 Å². The minimum Gasteiger partial charge on any atom is -0.338 e. The fourth-order valence-corrected chi connectivity index (χ4v) is 4.58. The Labute approximate surface area is 120 Å². The summed E-state index contributed by atoms with van der Waals surface area (Å²) in [5.74, 6) is 1.09. The van der Waals surface area contributed by atoms with Crippen molar-refractivity contribution in [1.29, 1.82) is 0 Å². The summed E-state index contributed by atoms with van der Waals surface area (Å²) in [6.45, 7) is 5.48. The van der Waals surface area contributed by atoms with Crippen molar-refractivity contribution < 1.29 is 4.79 Å². The quantitative estimate of drug-likeness (QED) is 0.719. The summed E-state index contributed by atoms with van der Waals surface area (Å²) in [4.78, 5) is 15.2. The lowest BCUT2D eigenvalue weighted by atomic mass is 9.77. The number of hydrogen-bond acceptors (Lipinski definition) is 1. The van der Waals surface area contributed by atoms with Crippen molar-refractivity contribution >= 4 is 21.8 Å². The summed E-state index contributed by atoms with van der Waals surface area (Å²) in [7, 11) is 0. The van der Waals surface area contributed by atoms with E-state index in [1.807, 2.05) is 0 Å². The molecule has 3 heteroatoms. The molecule has 2 aliphatic rings. The molecular weight excluding hydrogens is 290 g/mol. The third-order valence-electron chi connectivity index (χ3n) is 4.63. The molecule has 0 radical (unpaired) electrons. The lowest BCUT2D eigenvalue weighted by Crippen LogP contribution is -2.46. The molecule has 1 heterocycles. The highest BCUT2D eigenvalue weighted by molar-refractivity contribution is 9.09. The van der Waals surface area contributed by atoms with Gasteiger partial charge in [-0.25, -0.2) is 0 Å². The number of likely N-dealkylation sites (tertiary alicyclic amines) is 1. The Balaban J connectivity index is 2.13. The molecule has 1 atom stereocenters. The number of carbonyl (C=O) groups is 1. The monoisotopic (exact) mass is 315 g/mol. The minimum atomic E-state index is -0.0150. The Bertz CT molecular complexity index is 297. The first-order valence-corrected chi connectivity index (χ1v) is 8.58. The second-order valence-electron chi connectivity index (χ2n) is 6.53. The van der Waals surface area contributed by atoms with E-state index in [1.165, 1.54) is 25.7 Å². The average Bonchev–Trinajstić information content (AvgIpc) is 2.95. The van der Waals surface area contributed by atoms with Crippen LogP contribution >= 0.6 is 15.9 Å². The van der Waals surface area contributed by atoms with E-state index in [-0.39, 0.29) is 5.41 Å². The van der Waals surface area contributed by atoms with Gasteiger partial charge in [-0.2, -0.15) is 0 Å². The molecule has 2 fully saturated rings. The summed E-state index contributed by atoms with van der Waals surface area (Å²) in [5, 5.41) is 0.941. The summed E-state index contributed by atoms with van der Waals surface area (Å²) >= 11 is 3.57. The Morgan fingerprint density at radius 2 is 2.00 bits per heavy atom. The molecule has 0 aromatic heterocycles. The van der Waals surface area contributed by atoms with Crippen molar-refractivity contribution in [3.63, 3.8) is 0 Å². The zero-order chi connectivity index (χ0) is 13.2. The molecular formula is C15H26BrNO. The molecule has 1 aliphatic carbocycles. The van der Waals surface area contributed by atoms with Gasteiger partial charge < -0.3 is 4.90 Å². The van der Waals surface area contributed by atoms with Crippen molar-refractivity contribution in [2.75, 3.05) is 11.9 Å². The number of rotatable bonds is 4. The van der Waals surface area contributed by atoms with Crippen LogP contribution in [0.15, 0.2) is 0 Å². The topological polar surface area (TPSA) is 20.3 Å². The predicted molar refractivity (Wildman–Crippen MR) is 78.9 cm³/mol. The molecule has 1 saturated heterocycles. The van der Waals surface area contributed by atoms with Crippen molar-refractivity contribution in [3.05, 3.63) is 0 Å². The van der Waals surface area contributed by atoms with Gasteiger partial charge in [0.15, 0.2) is 0 Å². The van der Waals surface area contributed by atoms with Gasteiger partial charge >= 0.3 is 0 Å². The largest absolute Gasteiger partial charge is 0.338 e. The van der Waals surface area contributed by atoms with Gasteiger partial charge in [0, 0.05) is 23.3 Å². The van der Waals surface area contributed by atoms with E-state index < -0.39 is 0 Å². The molecule has 0 spiro atoms. The second-order valence-corrected chi connectivity index (χ2v) is 7.18. The van der Waals surface area contributed by atoms with E-state index in [0.29, 0.717) is 17.9 Å². The Kier molecular flexibility index (Phi) is 4.74. The number of hydrogen-bond donors (Lipinski definition) is 0. The van der Waals surface area contributed by atoms with E-state index in [9.17, 15) is 4.79 Å². The van der Waals surface area contributed by atoms with Gasteiger partial charge in [-0.05, 0) is 38.0 Å². The first kappa shape index (κ1) is 14.4. The van der Waals surface area contributed by atoms with Crippen LogP contribution < -0.4 is 0 Å². The van der Waals surface area contributed by atoms with Gasteiger partial charge in [0.05, 0.1) is 0 Å². The van der Waals surface area contributed by atoms with Crippen molar-refractivity contribution in [2.24, 2.45) is 11.3 Å². The van der Waals surface area contributed by atoms with Gasteiger partial charge in [0.2, 0.25) is 5.91 Å². The summed E-state index contributed by atoms with van der Waals surface area (Å²) in [5.41, 5.74) is -0.0150. The Hall–Kier alpha value is -0.0500. The highest BCUT2D eigenvalue weighted by atomic mass is 79.9. The number of carbonyl (C=O) groups excluding carboxylic acids is 1. The van der Waals surface area contributed by atoms with Gasteiger partial charge in [0.25, 0.3) is 0 Å². The lowest BCUT2D eigenvalue weighted by Gasteiger charge is -2.36. The Morgan fingerprint density at radius 3 is 2.56 bits per heavy atom. The first-order chi connectivity index (χ1) is 8.59. The summed E-state index contributed by atoms with van der Waals surface area (Å²) in [6.07, 6.45) is 8.16. The summed E-state index contributed by atoms with van der Waals surface area (Å²) < 4.78 is 0. The van der Waals surface area contributed by atoms with E-state index in [4.69, 9.17) is 0 Å². The van der Waals surface area contributed by atoms with Gasteiger partial charge in [-0.15, -0.1) is 0 Å². The standard InChI is InChI=1S/C15H26BrNO/c1-12(2)10-15(7-3-4-8-15)14(18)17-9-5-6-13(17)11-16/h12-13H,3-11H2,1-2H3. The third-order valence-corrected chi connectivity index (χ3v) is 5.38. The van der Waals surface area contributed by atoms with Crippen LogP contribution in [-0.4, -0.2) is 28.7 Å². The van der Waals surface area contributed by atoms with Crippen LogP contribution in [0.4, 0.5) is 0 Å². The van der Waals surface area contributed by atoms with Crippen LogP contribution in [0.1, 0.15) is 58.8 Å². The van der Waals surface area contributed by atoms with E-state index in [2.05, 4.69) is 34.7 Å². The maximum atomic E-state index is 13.0. The molecule has 18 heavy (non-hydrogen) atoms.